The molecule has 2 aromatic heterocycles. The zero-order valence-electron chi connectivity index (χ0n) is 9.75. The highest BCUT2D eigenvalue weighted by Gasteiger charge is 2.00. The molecule has 0 N–H and O–H groups in total. The Morgan fingerprint density at radius 3 is 3.12 bits per heavy atom. The first-order chi connectivity index (χ1) is 8.20. The average Bonchev–Trinajstić information content (AvgIpc) is 2.69. The van der Waals surface area contributed by atoms with E-state index in [9.17, 15) is 4.79 Å². The van der Waals surface area contributed by atoms with Crippen LogP contribution >= 0.6 is 0 Å². The predicted octanol–water partition coefficient (Wildman–Crippen LogP) is 1.61. The summed E-state index contributed by atoms with van der Waals surface area (Å²) in [6.07, 6.45) is 4.97. The van der Waals surface area contributed by atoms with Crippen molar-refractivity contribution < 1.29 is 9.53 Å². The van der Waals surface area contributed by atoms with E-state index < -0.39 is 0 Å². The number of pyridine rings is 1. The molecule has 5 heteroatoms. The van der Waals surface area contributed by atoms with Crippen molar-refractivity contribution in [3.8, 4) is 0 Å². The third kappa shape index (κ3) is 2.50. The highest BCUT2D eigenvalue weighted by Crippen LogP contribution is 2.08. The van der Waals surface area contributed by atoms with Gasteiger partial charge in [-0.1, -0.05) is 0 Å². The van der Waals surface area contributed by atoms with Gasteiger partial charge in [0.05, 0.1) is 6.61 Å². The van der Waals surface area contributed by atoms with E-state index >= 15 is 0 Å². The molecule has 0 aliphatic carbocycles. The number of esters is 1. The molecule has 0 bridgehead atoms. The highest BCUT2D eigenvalue weighted by molar-refractivity contribution is 5.87. The summed E-state index contributed by atoms with van der Waals surface area (Å²) in [5.41, 5.74) is 1.64. The van der Waals surface area contributed by atoms with E-state index in [1.807, 2.05) is 29.7 Å². The number of carbonyl (C=O) groups excluding carboxylic acids is 1. The summed E-state index contributed by atoms with van der Waals surface area (Å²) in [7, 11) is 0. The molecule has 88 valence electrons. The van der Waals surface area contributed by atoms with Gasteiger partial charge in [0.15, 0.2) is 5.65 Å². The van der Waals surface area contributed by atoms with Crippen molar-refractivity contribution in [3.63, 3.8) is 0 Å². The van der Waals surface area contributed by atoms with Gasteiger partial charge in [-0.2, -0.15) is 0 Å². The third-order valence-electron chi connectivity index (χ3n) is 2.30. The second-order valence-corrected chi connectivity index (χ2v) is 3.52. The van der Waals surface area contributed by atoms with Crippen LogP contribution in [0.4, 0.5) is 0 Å². The average molecular weight is 231 g/mol. The van der Waals surface area contributed by atoms with Crippen LogP contribution in [0, 0.1) is 6.92 Å². The fourth-order valence-corrected chi connectivity index (χ4v) is 1.48. The maximum Gasteiger partial charge on any atom is 0.330 e. The van der Waals surface area contributed by atoms with Gasteiger partial charge in [-0.05, 0) is 37.6 Å². The molecule has 0 unspecified atom stereocenters. The lowest BCUT2D eigenvalue weighted by Crippen LogP contribution is -1.98. The van der Waals surface area contributed by atoms with E-state index in [4.69, 9.17) is 4.74 Å². The Balaban J connectivity index is 2.22. The Morgan fingerprint density at radius 1 is 1.53 bits per heavy atom. The lowest BCUT2D eigenvalue weighted by Gasteiger charge is -1.97. The maximum absolute atomic E-state index is 11.1. The van der Waals surface area contributed by atoms with Crippen molar-refractivity contribution >= 4 is 17.7 Å². The normalized spacial score (nSPS) is 11.2. The van der Waals surface area contributed by atoms with Crippen molar-refractivity contribution in [1.82, 2.24) is 14.6 Å². The first-order valence-corrected chi connectivity index (χ1v) is 5.37. The third-order valence-corrected chi connectivity index (χ3v) is 2.30. The molecule has 17 heavy (non-hydrogen) atoms. The van der Waals surface area contributed by atoms with Crippen LogP contribution in [0.25, 0.3) is 11.7 Å². The highest BCUT2D eigenvalue weighted by atomic mass is 16.5. The van der Waals surface area contributed by atoms with E-state index in [1.54, 1.807) is 13.0 Å². The Kier molecular flexibility index (Phi) is 3.18. The van der Waals surface area contributed by atoms with E-state index in [-0.39, 0.29) is 5.97 Å². The Labute approximate surface area is 98.7 Å². The van der Waals surface area contributed by atoms with Crippen LogP contribution < -0.4 is 0 Å². The number of hydrogen-bond donors (Lipinski definition) is 0. The molecule has 0 aliphatic heterocycles. The Bertz CT molecular complexity index is 572. The molecule has 0 aliphatic rings. The van der Waals surface area contributed by atoms with Gasteiger partial charge in [-0.3, -0.25) is 4.40 Å². The molecule has 0 atom stereocenters. The molecule has 0 fully saturated rings. The molecule has 0 saturated heterocycles. The lowest BCUT2D eigenvalue weighted by atomic mass is 10.2. The predicted molar refractivity (Wildman–Crippen MR) is 63.4 cm³/mol. The van der Waals surface area contributed by atoms with E-state index in [0.717, 1.165) is 17.0 Å². The van der Waals surface area contributed by atoms with Crippen molar-refractivity contribution in [1.29, 1.82) is 0 Å². The first-order valence-electron chi connectivity index (χ1n) is 5.37. The maximum atomic E-state index is 11.1. The van der Waals surface area contributed by atoms with Crippen LogP contribution in [0.1, 0.15) is 18.3 Å². The fourth-order valence-electron chi connectivity index (χ4n) is 1.48. The van der Waals surface area contributed by atoms with Crippen molar-refractivity contribution in [2.24, 2.45) is 0 Å². The molecular weight excluding hydrogens is 218 g/mol. The molecule has 5 nitrogen and oxygen atoms in total. The zero-order valence-corrected chi connectivity index (χ0v) is 9.75. The summed E-state index contributed by atoms with van der Waals surface area (Å²) in [5, 5.41) is 7.96. The summed E-state index contributed by atoms with van der Waals surface area (Å²) in [5.74, 6) is 0.492. The van der Waals surface area contributed by atoms with Crippen LogP contribution in [0.5, 0.6) is 0 Å². The van der Waals surface area contributed by atoms with Gasteiger partial charge in [-0.25, -0.2) is 4.79 Å². The fraction of sp³-hybridized carbons (Fsp3) is 0.250. The molecule has 0 radical (unpaired) electrons. The number of fused-ring (bicyclic) bond motifs is 1. The van der Waals surface area contributed by atoms with Gasteiger partial charge in [0, 0.05) is 12.3 Å². The Morgan fingerprint density at radius 2 is 2.35 bits per heavy atom. The van der Waals surface area contributed by atoms with Crippen LogP contribution in [0.15, 0.2) is 24.4 Å². The number of nitrogens with zero attached hydrogens (tertiary/aromatic N) is 3. The molecule has 2 rings (SSSR count). The molecule has 2 heterocycles. The summed E-state index contributed by atoms with van der Waals surface area (Å²) in [4.78, 5) is 11.1. The largest absolute Gasteiger partial charge is 0.463 e. The second kappa shape index (κ2) is 4.78. The van der Waals surface area contributed by atoms with Crippen LogP contribution in [-0.4, -0.2) is 27.2 Å². The molecule has 0 saturated carbocycles. The standard InChI is InChI=1S/C12H13N3O2/c1-3-17-12(16)5-4-10-6-7-15-9(2)13-14-11(15)8-10/h4-8H,3H2,1-2H3/b5-4+. The van der Waals surface area contributed by atoms with Gasteiger partial charge < -0.3 is 4.74 Å². The van der Waals surface area contributed by atoms with Crippen molar-refractivity contribution in [3.05, 3.63) is 35.8 Å². The molecule has 0 amide bonds. The van der Waals surface area contributed by atoms with E-state index in [2.05, 4.69) is 10.2 Å². The number of aromatic nitrogens is 3. The molecular formula is C12H13N3O2. The quantitative estimate of drug-likeness (QED) is 0.595. The van der Waals surface area contributed by atoms with Crippen LogP contribution in [-0.2, 0) is 9.53 Å². The van der Waals surface area contributed by atoms with E-state index in [0.29, 0.717) is 6.61 Å². The number of hydrogen-bond acceptors (Lipinski definition) is 4. The van der Waals surface area contributed by atoms with Crippen LogP contribution in [0.3, 0.4) is 0 Å². The monoisotopic (exact) mass is 231 g/mol. The number of aryl methyl sites for hydroxylation is 1. The summed E-state index contributed by atoms with van der Waals surface area (Å²) < 4.78 is 6.67. The molecule has 2 aromatic rings. The number of rotatable bonds is 3. The zero-order chi connectivity index (χ0) is 12.3. The van der Waals surface area contributed by atoms with Crippen molar-refractivity contribution in [2.75, 3.05) is 6.61 Å². The van der Waals surface area contributed by atoms with Gasteiger partial charge in [0.2, 0.25) is 0 Å². The lowest BCUT2D eigenvalue weighted by molar-refractivity contribution is -0.137. The minimum atomic E-state index is -0.343. The first kappa shape index (κ1) is 11.3. The molecule has 0 aromatic carbocycles. The Hall–Kier alpha value is -2.17. The van der Waals surface area contributed by atoms with Gasteiger partial charge in [0.1, 0.15) is 5.82 Å². The minimum absolute atomic E-state index is 0.343. The van der Waals surface area contributed by atoms with Crippen LogP contribution in [0.2, 0.25) is 0 Å². The van der Waals surface area contributed by atoms with Crippen molar-refractivity contribution in [2.45, 2.75) is 13.8 Å². The summed E-state index contributed by atoms with van der Waals surface area (Å²) in [6.45, 7) is 4.04. The SMILES string of the molecule is CCOC(=O)/C=C/c1ccn2c(C)nnc2c1. The van der Waals surface area contributed by atoms with E-state index in [1.165, 1.54) is 6.08 Å². The number of carbonyl (C=O) groups is 1. The summed E-state index contributed by atoms with van der Waals surface area (Å²) >= 11 is 0. The molecule has 0 spiro atoms. The minimum Gasteiger partial charge on any atom is -0.463 e. The second-order valence-electron chi connectivity index (χ2n) is 3.52. The smallest absolute Gasteiger partial charge is 0.330 e. The van der Waals surface area contributed by atoms with Gasteiger partial charge in [0.25, 0.3) is 0 Å². The van der Waals surface area contributed by atoms with Gasteiger partial charge in [-0.15, -0.1) is 10.2 Å². The van der Waals surface area contributed by atoms with Gasteiger partial charge >= 0.3 is 5.97 Å². The number of ether oxygens (including phenoxy) is 1. The topological polar surface area (TPSA) is 56.5 Å². The summed E-state index contributed by atoms with van der Waals surface area (Å²) in [6, 6.07) is 3.74.